The molecule has 27 heavy (non-hydrogen) atoms. The van der Waals surface area contributed by atoms with E-state index in [1.165, 1.54) is 6.92 Å². The Morgan fingerprint density at radius 1 is 1.15 bits per heavy atom. The number of amides is 1. The molecule has 0 saturated carbocycles. The molecule has 1 amide bonds. The van der Waals surface area contributed by atoms with E-state index in [0.717, 1.165) is 22.2 Å². The Labute approximate surface area is 157 Å². The van der Waals surface area contributed by atoms with Gasteiger partial charge in [-0.15, -0.1) is 0 Å². The van der Waals surface area contributed by atoms with Gasteiger partial charge in [0.15, 0.2) is 0 Å². The van der Waals surface area contributed by atoms with Crippen LogP contribution in [-0.4, -0.2) is 27.6 Å². The van der Waals surface area contributed by atoms with Crippen LogP contribution >= 0.6 is 0 Å². The highest BCUT2D eigenvalue weighted by Crippen LogP contribution is 2.23. The third-order valence-electron chi connectivity index (χ3n) is 4.32. The Bertz CT molecular complexity index is 934. The first kappa shape index (κ1) is 18.5. The van der Waals surface area contributed by atoms with E-state index in [4.69, 9.17) is 9.84 Å². The van der Waals surface area contributed by atoms with E-state index in [-0.39, 0.29) is 12.3 Å². The molecule has 2 aromatic carbocycles. The van der Waals surface area contributed by atoms with Gasteiger partial charge in [0, 0.05) is 30.1 Å². The zero-order valence-electron chi connectivity index (χ0n) is 15.1. The van der Waals surface area contributed by atoms with Crippen LogP contribution in [0.15, 0.2) is 60.8 Å². The lowest BCUT2D eigenvalue weighted by molar-refractivity contribution is -0.141. The van der Waals surface area contributed by atoms with Gasteiger partial charge in [0.25, 0.3) is 0 Å². The Kier molecular flexibility index (Phi) is 5.76. The monoisotopic (exact) mass is 366 g/mol. The standard InChI is InChI=1S/C21H22N2O4/c1-15(21(25)26)22-20(24)10-12-23-11-9-17-13-18(7-8-19(17)23)27-14-16-5-3-2-4-6-16/h2-9,11,13,15H,10,12,14H2,1H3,(H,22,24)(H,25,26)/t15-/m1/s1. The van der Waals surface area contributed by atoms with Gasteiger partial charge in [-0.2, -0.15) is 0 Å². The molecule has 0 bridgehead atoms. The summed E-state index contributed by atoms with van der Waals surface area (Å²) in [6.07, 6.45) is 2.13. The lowest BCUT2D eigenvalue weighted by atomic mass is 10.2. The molecule has 3 aromatic rings. The number of nitrogens with one attached hydrogen (secondary N) is 1. The largest absolute Gasteiger partial charge is 0.489 e. The highest BCUT2D eigenvalue weighted by Gasteiger charge is 2.14. The number of ether oxygens (including phenoxy) is 1. The van der Waals surface area contributed by atoms with E-state index in [2.05, 4.69) is 5.32 Å². The second-order valence-corrected chi connectivity index (χ2v) is 6.38. The number of aliphatic carboxylic acids is 1. The molecule has 1 heterocycles. The van der Waals surface area contributed by atoms with Gasteiger partial charge in [0.2, 0.25) is 5.91 Å². The molecule has 0 radical (unpaired) electrons. The Hall–Kier alpha value is -3.28. The van der Waals surface area contributed by atoms with Crippen LogP contribution in [0.2, 0.25) is 0 Å². The van der Waals surface area contributed by atoms with Crippen LogP contribution in [-0.2, 0) is 22.7 Å². The summed E-state index contributed by atoms with van der Waals surface area (Å²) in [6.45, 7) is 2.43. The number of aromatic nitrogens is 1. The van der Waals surface area contributed by atoms with Gasteiger partial charge in [-0.25, -0.2) is 0 Å². The van der Waals surface area contributed by atoms with Gasteiger partial charge in [-0.1, -0.05) is 30.3 Å². The maximum Gasteiger partial charge on any atom is 0.325 e. The van der Waals surface area contributed by atoms with E-state index in [1.54, 1.807) is 0 Å². The molecule has 3 rings (SSSR count). The van der Waals surface area contributed by atoms with Crippen molar-refractivity contribution >= 4 is 22.8 Å². The molecular weight excluding hydrogens is 344 g/mol. The highest BCUT2D eigenvalue weighted by molar-refractivity contribution is 5.84. The number of aryl methyl sites for hydroxylation is 1. The van der Waals surface area contributed by atoms with Crippen LogP contribution in [0.25, 0.3) is 10.9 Å². The Morgan fingerprint density at radius 3 is 2.67 bits per heavy atom. The Morgan fingerprint density at radius 2 is 1.93 bits per heavy atom. The SMILES string of the molecule is C[C@@H](NC(=O)CCn1ccc2cc(OCc3ccccc3)ccc21)C(=O)O. The summed E-state index contributed by atoms with van der Waals surface area (Å²) in [5.74, 6) is -0.538. The quantitative estimate of drug-likeness (QED) is 0.642. The predicted molar refractivity (Wildman–Crippen MR) is 103 cm³/mol. The molecule has 0 saturated heterocycles. The summed E-state index contributed by atoms with van der Waals surface area (Å²) >= 11 is 0. The van der Waals surface area contributed by atoms with Crippen molar-refractivity contribution in [2.75, 3.05) is 0 Å². The minimum Gasteiger partial charge on any atom is -0.489 e. The van der Waals surface area contributed by atoms with Crippen molar-refractivity contribution in [3.63, 3.8) is 0 Å². The van der Waals surface area contributed by atoms with Gasteiger partial charge in [-0.05, 0) is 36.8 Å². The fourth-order valence-electron chi connectivity index (χ4n) is 2.80. The van der Waals surface area contributed by atoms with E-state index in [9.17, 15) is 9.59 Å². The molecule has 1 atom stereocenters. The summed E-state index contributed by atoms with van der Waals surface area (Å²) in [5, 5.41) is 12.3. The molecule has 0 unspecified atom stereocenters. The molecular formula is C21H22N2O4. The van der Waals surface area contributed by atoms with Crippen molar-refractivity contribution in [1.82, 2.24) is 9.88 Å². The third kappa shape index (κ3) is 4.88. The maximum atomic E-state index is 11.9. The topological polar surface area (TPSA) is 80.6 Å². The van der Waals surface area contributed by atoms with Crippen molar-refractivity contribution in [2.24, 2.45) is 0 Å². The van der Waals surface area contributed by atoms with Crippen LogP contribution in [0.4, 0.5) is 0 Å². The van der Waals surface area contributed by atoms with Gasteiger partial charge < -0.3 is 19.7 Å². The van der Waals surface area contributed by atoms with Crippen LogP contribution in [0.3, 0.4) is 0 Å². The molecule has 0 aliphatic rings. The third-order valence-corrected chi connectivity index (χ3v) is 4.32. The first-order chi connectivity index (χ1) is 13.0. The van der Waals surface area contributed by atoms with Crippen molar-refractivity contribution < 1.29 is 19.4 Å². The van der Waals surface area contributed by atoms with E-state index in [0.29, 0.717) is 13.2 Å². The number of hydrogen-bond acceptors (Lipinski definition) is 3. The molecule has 0 fully saturated rings. The average molecular weight is 366 g/mol. The second-order valence-electron chi connectivity index (χ2n) is 6.38. The zero-order valence-corrected chi connectivity index (χ0v) is 15.1. The van der Waals surface area contributed by atoms with Crippen LogP contribution in [0, 0.1) is 0 Å². The summed E-state index contributed by atoms with van der Waals surface area (Å²) in [7, 11) is 0. The first-order valence-electron chi connectivity index (χ1n) is 8.81. The summed E-state index contributed by atoms with van der Waals surface area (Å²) in [4.78, 5) is 22.6. The number of hydrogen-bond donors (Lipinski definition) is 2. The Balaban J connectivity index is 1.60. The minimum atomic E-state index is -1.04. The number of carbonyl (C=O) groups is 2. The van der Waals surface area contributed by atoms with Crippen LogP contribution < -0.4 is 10.1 Å². The number of carboxylic acids is 1. The molecule has 0 aliphatic carbocycles. The van der Waals surface area contributed by atoms with Crippen LogP contribution in [0.1, 0.15) is 18.9 Å². The lowest BCUT2D eigenvalue weighted by Crippen LogP contribution is -2.38. The van der Waals surface area contributed by atoms with Crippen molar-refractivity contribution in [2.45, 2.75) is 32.5 Å². The predicted octanol–water partition coefficient (Wildman–Crippen LogP) is 3.20. The smallest absolute Gasteiger partial charge is 0.325 e. The number of carboxylic acid groups (broad SMARTS) is 1. The molecule has 0 spiro atoms. The minimum absolute atomic E-state index is 0.216. The molecule has 1 aromatic heterocycles. The van der Waals surface area contributed by atoms with Gasteiger partial charge in [0.1, 0.15) is 18.4 Å². The van der Waals surface area contributed by atoms with E-state index < -0.39 is 12.0 Å². The lowest BCUT2D eigenvalue weighted by Gasteiger charge is -2.10. The van der Waals surface area contributed by atoms with Gasteiger partial charge >= 0.3 is 5.97 Å². The normalized spacial score (nSPS) is 11.9. The molecule has 140 valence electrons. The number of benzene rings is 2. The molecule has 2 N–H and O–H groups in total. The summed E-state index contributed by atoms with van der Waals surface area (Å²) in [6, 6.07) is 16.9. The maximum absolute atomic E-state index is 11.9. The van der Waals surface area contributed by atoms with Gasteiger partial charge in [0.05, 0.1) is 0 Å². The van der Waals surface area contributed by atoms with Crippen molar-refractivity contribution in [3.8, 4) is 5.75 Å². The molecule has 6 heteroatoms. The number of carbonyl (C=O) groups excluding carboxylic acids is 1. The number of nitrogens with zero attached hydrogens (tertiary/aromatic N) is 1. The van der Waals surface area contributed by atoms with Gasteiger partial charge in [-0.3, -0.25) is 9.59 Å². The second kappa shape index (κ2) is 8.40. The molecule has 0 aliphatic heterocycles. The van der Waals surface area contributed by atoms with E-state index >= 15 is 0 Å². The highest BCUT2D eigenvalue weighted by atomic mass is 16.5. The number of fused-ring (bicyclic) bond motifs is 1. The van der Waals surface area contributed by atoms with Crippen molar-refractivity contribution in [3.05, 3.63) is 66.4 Å². The fraction of sp³-hybridized carbons (Fsp3) is 0.238. The molecule has 6 nitrogen and oxygen atoms in total. The summed E-state index contributed by atoms with van der Waals surface area (Å²) < 4.78 is 7.82. The number of rotatable bonds is 8. The summed E-state index contributed by atoms with van der Waals surface area (Å²) in [5.41, 5.74) is 2.11. The fourth-order valence-corrected chi connectivity index (χ4v) is 2.80. The first-order valence-corrected chi connectivity index (χ1v) is 8.81. The van der Waals surface area contributed by atoms with E-state index in [1.807, 2.05) is 65.4 Å². The van der Waals surface area contributed by atoms with Crippen LogP contribution in [0.5, 0.6) is 5.75 Å². The van der Waals surface area contributed by atoms with Crippen molar-refractivity contribution in [1.29, 1.82) is 0 Å². The zero-order chi connectivity index (χ0) is 19.2. The average Bonchev–Trinajstić information content (AvgIpc) is 3.07.